The highest BCUT2D eigenvalue weighted by atomic mass is 32.2. The number of carbonyl (C=O) groups is 1. The fourth-order valence-corrected chi connectivity index (χ4v) is 2.90. The Morgan fingerprint density at radius 2 is 2.09 bits per heavy atom. The van der Waals surface area contributed by atoms with E-state index in [-0.39, 0.29) is 12.5 Å². The summed E-state index contributed by atoms with van der Waals surface area (Å²) in [7, 11) is -1.99. The summed E-state index contributed by atoms with van der Waals surface area (Å²) in [4.78, 5) is 15.1. The van der Waals surface area contributed by atoms with Gasteiger partial charge in [-0.15, -0.1) is 11.3 Å². The number of nitrogens with zero attached hydrogens (tertiary/aromatic N) is 2. The Balaban J connectivity index is 2.10. The van der Waals surface area contributed by atoms with Gasteiger partial charge in [-0.25, -0.2) is 8.42 Å². The summed E-state index contributed by atoms with van der Waals surface area (Å²) in [6.07, 6.45) is 4.21. The van der Waals surface area contributed by atoms with E-state index in [1.807, 2.05) is 17.5 Å². The van der Waals surface area contributed by atoms with Gasteiger partial charge in [-0.1, -0.05) is 6.07 Å². The normalized spacial score (nSPS) is 11.8. The van der Waals surface area contributed by atoms with Crippen molar-refractivity contribution in [1.82, 2.24) is 9.21 Å². The van der Waals surface area contributed by atoms with Gasteiger partial charge in [0.05, 0.1) is 31.9 Å². The summed E-state index contributed by atoms with van der Waals surface area (Å²) in [5.74, 6) is -0.248. The second-order valence-electron chi connectivity index (χ2n) is 4.98. The Kier molecular flexibility index (Phi) is 5.38. The monoisotopic (exact) mass is 342 g/mol. The molecule has 0 bridgehead atoms. The van der Waals surface area contributed by atoms with E-state index in [0.717, 1.165) is 21.0 Å². The molecule has 0 radical (unpaired) electrons. The lowest BCUT2D eigenvalue weighted by Crippen LogP contribution is -2.40. The van der Waals surface area contributed by atoms with Gasteiger partial charge in [0.25, 0.3) is 0 Å². The number of carbonyl (C=O) groups excluding carboxylic acids is 1. The Morgan fingerprint density at radius 1 is 1.32 bits per heavy atom. The van der Waals surface area contributed by atoms with Gasteiger partial charge in [0, 0.05) is 24.0 Å². The van der Waals surface area contributed by atoms with Crippen LogP contribution in [0.15, 0.2) is 40.5 Å². The van der Waals surface area contributed by atoms with Gasteiger partial charge < -0.3 is 9.32 Å². The molecule has 0 unspecified atom stereocenters. The third kappa shape index (κ3) is 4.69. The van der Waals surface area contributed by atoms with E-state index in [9.17, 15) is 13.2 Å². The van der Waals surface area contributed by atoms with Gasteiger partial charge in [-0.2, -0.15) is 4.31 Å². The first-order valence-electron chi connectivity index (χ1n) is 6.59. The van der Waals surface area contributed by atoms with Crippen LogP contribution >= 0.6 is 11.3 Å². The maximum absolute atomic E-state index is 12.4. The van der Waals surface area contributed by atoms with Crippen LogP contribution in [-0.2, 0) is 27.9 Å². The van der Waals surface area contributed by atoms with Crippen molar-refractivity contribution in [3.63, 3.8) is 0 Å². The molecule has 2 rings (SSSR count). The first-order chi connectivity index (χ1) is 10.4. The summed E-state index contributed by atoms with van der Waals surface area (Å²) in [6.45, 7) is 0.645. The topological polar surface area (TPSA) is 70.8 Å². The third-order valence-electron chi connectivity index (χ3n) is 3.16. The maximum Gasteiger partial charge on any atom is 0.238 e. The van der Waals surface area contributed by atoms with Crippen LogP contribution in [0.4, 0.5) is 0 Å². The quantitative estimate of drug-likeness (QED) is 0.769. The molecule has 0 aliphatic heterocycles. The second kappa shape index (κ2) is 7.08. The van der Waals surface area contributed by atoms with Gasteiger partial charge in [-0.3, -0.25) is 4.79 Å². The summed E-state index contributed by atoms with van der Waals surface area (Å²) in [5, 5.41) is 1.94. The molecule has 0 atom stereocenters. The number of furan rings is 1. The van der Waals surface area contributed by atoms with Crippen molar-refractivity contribution >= 4 is 27.3 Å². The highest BCUT2D eigenvalue weighted by molar-refractivity contribution is 7.88. The van der Waals surface area contributed by atoms with Crippen LogP contribution < -0.4 is 0 Å². The predicted molar refractivity (Wildman–Crippen MR) is 84.8 cm³/mol. The minimum atomic E-state index is -3.39. The molecule has 2 heterocycles. The number of thiophene rings is 1. The van der Waals surface area contributed by atoms with Gasteiger partial charge in [0.15, 0.2) is 0 Å². The second-order valence-corrected chi connectivity index (χ2v) is 8.10. The van der Waals surface area contributed by atoms with E-state index in [1.54, 1.807) is 34.8 Å². The molecule has 0 fully saturated rings. The first-order valence-corrected chi connectivity index (χ1v) is 9.31. The van der Waals surface area contributed by atoms with Crippen LogP contribution in [0.25, 0.3) is 0 Å². The van der Waals surface area contributed by atoms with Gasteiger partial charge in [0.2, 0.25) is 15.9 Å². The average Bonchev–Trinajstić information content (AvgIpc) is 3.09. The Morgan fingerprint density at radius 3 is 2.64 bits per heavy atom. The van der Waals surface area contributed by atoms with E-state index in [2.05, 4.69) is 0 Å². The van der Waals surface area contributed by atoms with Gasteiger partial charge in [-0.05, 0) is 17.5 Å². The largest absolute Gasteiger partial charge is 0.472 e. The molecule has 0 N–H and O–H groups in total. The van der Waals surface area contributed by atoms with E-state index in [4.69, 9.17) is 4.42 Å². The zero-order valence-corrected chi connectivity index (χ0v) is 14.1. The Labute approximate surface area is 134 Å². The molecule has 2 aromatic rings. The van der Waals surface area contributed by atoms with Crippen molar-refractivity contribution in [2.75, 3.05) is 19.8 Å². The van der Waals surface area contributed by atoms with Crippen LogP contribution in [0.2, 0.25) is 0 Å². The smallest absolute Gasteiger partial charge is 0.238 e. The fraction of sp³-hybridized carbons (Fsp3) is 0.357. The molecule has 8 heteroatoms. The lowest BCUT2D eigenvalue weighted by atomic mass is 10.3. The van der Waals surface area contributed by atoms with Crippen LogP contribution in [-0.4, -0.2) is 43.4 Å². The third-order valence-corrected chi connectivity index (χ3v) is 5.28. The van der Waals surface area contributed by atoms with Crippen LogP contribution in [0.1, 0.15) is 10.4 Å². The number of sulfonamides is 1. The predicted octanol–water partition coefficient (Wildman–Crippen LogP) is 1.76. The molecule has 0 spiro atoms. The lowest BCUT2D eigenvalue weighted by molar-refractivity contribution is -0.132. The minimum Gasteiger partial charge on any atom is -0.472 e. The molecule has 0 aliphatic carbocycles. The van der Waals surface area contributed by atoms with Crippen LogP contribution in [0, 0.1) is 0 Å². The number of amides is 1. The summed E-state index contributed by atoms with van der Waals surface area (Å²) in [5.41, 5.74) is 0.868. The van der Waals surface area contributed by atoms with Gasteiger partial charge >= 0.3 is 0 Å². The highest BCUT2D eigenvalue weighted by Gasteiger charge is 2.21. The molecule has 120 valence electrons. The minimum absolute atomic E-state index is 0.179. The molecule has 6 nitrogen and oxygen atoms in total. The fourth-order valence-electron chi connectivity index (χ4n) is 1.83. The molecular weight excluding hydrogens is 324 g/mol. The average molecular weight is 342 g/mol. The zero-order chi connectivity index (χ0) is 16.2. The van der Waals surface area contributed by atoms with Crippen molar-refractivity contribution in [1.29, 1.82) is 0 Å². The molecule has 0 saturated carbocycles. The Bertz CT molecular complexity index is 657. The molecule has 0 aliphatic rings. The number of hydrogen-bond acceptors (Lipinski definition) is 5. The molecule has 0 aromatic carbocycles. The summed E-state index contributed by atoms with van der Waals surface area (Å²) in [6, 6.07) is 5.65. The molecule has 0 saturated heterocycles. The van der Waals surface area contributed by atoms with Crippen molar-refractivity contribution in [2.45, 2.75) is 13.1 Å². The van der Waals surface area contributed by atoms with E-state index in [0.29, 0.717) is 13.1 Å². The number of rotatable bonds is 7. The molecule has 22 heavy (non-hydrogen) atoms. The summed E-state index contributed by atoms with van der Waals surface area (Å²) < 4.78 is 29.0. The molecule has 1 amide bonds. The number of hydrogen-bond donors (Lipinski definition) is 0. The molecular formula is C14H18N2O4S2. The lowest BCUT2D eigenvalue weighted by Gasteiger charge is -2.24. The van der Waals surface area contributed by atoms with Crippen molar-refractivity contribution < 1.29 is 17.6 Å². The maximum atomic E-state index is 12.4. The van der Waals surface area contributed by atoms with Crippen molar-refractivity contribution in [3.05, 3.63) is 46.5 Å². The van der Waals surface area contributed by atoms with Crippen molar-refractivity contribution in [3.8, 4) is 0 Å². The first kappa shape index (κ1) is 16.7. The van der Waals surface area contributed by atoms with Crippen LogP contribution in [0.5, 0.6) is 0 Å². The van der Waals surface area contributed by atoms with Gasteiger partial charge in [0.1, 0.15) is 0 Å². The number of likely N-dealkylation sites (N-methyl/N-ethyl adjacent to an activating group) is 1. The van der Waals surface area contributed by atoms with Crippen molar-refractivity contribution in [2.24, 2.45) is 0 Å². The molecule has 2 aromatic heterocycles. The SMILES string of the molecule is CN(CC(=O)N(Cc1ccoc1)Cc1cccs1)S(C)(=O)=O. The Hall–Kier alpha value is -1.64. The highest BCUT2D eigenvalue weighted by Crippen LogP contribution is 2.15. The van der Waals surface area contributed by atoms with E-state index in [1.165, 1.54) is 7.05 Å². The standard InChI is InChI=1S/C14H18N2O4S2/c1-15(22(2,18)19)10-14(17)16(8-12-5-6-20-11-12)9-13-4-3-7-21-13/h3-7,11H,8-10H2,1-2H3. The van der Waals surface area contributed by atoms with E-state index >= 15 is 0 Å². The zero-order valence-electron chi connectivity index (χ0n) is 12.4. The van der Waals surface area contributed by atoms with E-state index < -0.39 is 10.0 Å². The summed E-state index contributed by atoms with van der Waals surface area (Å²) >= 11 is 1.56. The van der Waals surface area contributed by atoms with Crippen LogP contribution in [0.3, 0.4) is 0 Å².